The molecule has 3 atom stereocenters. The standard InChI is InChI=1S/C27H41ClFNO3S/c1-15(2)18(7)10-25(31)30(26(32)11-19(8)16(3)4)23-14-24(21(28)13-22(23)29)34-27(33)12-20(9)17(5)6/h13-20H,10-12H2,1-9H3. The van der Waals surface area contributed by atoms with Crippen LogP contribution in [0.4, 0.5) is 10.1 Å². The Labute approximate surface area is 214 Å². The Kier molecular flexibility index (Phi) is 12.3. The first-order chi connectivity index (χ1) is 15.6. The minimum atomic E-state index is -0.756. The van der Waals surface area contributed by atoms with Crippen molar-refractivity contribution in [2.75, 3.05) is 4.90 Å². The number of imide groups is 1. The molecule has 0 bridgehead atoms. The third kappa shape index (κ3) is 8.99. The van der Waals surface area contributed by atoms with E-state index in [1.54, 1.807) is 0 Å². The molecule has 0 aromatic heterocycles. The van der Waals surface area contributed by atoms with Gasteiger partial charge in [-0.15, -0.1) is 0 Å². The van der Waals surface area contributed by atoms with Gasteiger partial charge in [-0.3, -0.25) is 14.4 Å². The van der Waals surface area contributed by atoms with E-state index in [4.69, 9.17) is 11.6 Å². The fraction of sp³-hybridized carbons (Fsp3) is 0.667. The number of benzene rings is 1. The molecule has 1 rings (SSSR count). The number of nitrogens with zero attached hydrogens (tertiary/aromatic N) is 1. The smallest absolute Gasteiger partial charge is 0.234 e. The van der Waals surface area contributed by atoms with Crippen LogP contribution >= 0.6 is 23.4 Å². The van der Waals surface area contributed by atoms with Crippen LogP contribution in [0.5, 0.6) is 0 Å². The van der Waals surface area contributed by atoms with Crippen LogP contribution in [-0.4, -0.2) is 16.9 Å². The second-order valence-corrected chi connectivity index (χ2v) is 12.1. The van der Waals surface area contributed by atoms with Gasteiger partial charge in [0.05, 0.1) is 10.7 Å². The van der Waals surface area contributed by atoms with Crippen LogP contribution in [0.15, 0.2) is 17.0 Å². The molecule has 0 fully saturated rings. The van der Waals surface area contributed by atoms with E-state index in [2.05, 4.69) is 13.8 Å². The molecule has 7 heteroatoms. The molecule has 0 N–H and O–H groups in total. The lowest BCUT2D eigenvalue weighted by Gasteiger charge is -2.26. The van der Waals surface area contributed by atoms with Crippen molar-refractivity contribution in [2.45, 2.75) is 86.5 Å². The summed E-state index contributed by atoms with van der Waals surface area (Å²) in [4.78, 5) is 40.5. The van der Waals surface area contributed by atoms with E-state index in [-0.39, 0.29) is 58.3 Å². The van der Waals surface area contributed by atoms with Crippen LogP contribution in [-0.2, 0) is 14.4 Å². The largest absolute Gasteiger partial charge is 0.287 e. The Balaban J connectivity index is 3.38. The lowest BCUT2D eigenvalue weighted by molar-refractivity contribution is -0.127. The maximum atomic E-state index is 15.1. The van der Waals surface area contributed by atoms with Gasteiger partial charge in [0, 0.05) is 24.2 Å². The molecule has 3 unspecified atom stereocenters. The molecule has 192 valence electrons. The van der Waals surface area contributed by atoms with E-state index in [0.29, 0.717) is 17.2 Å². The normalized spacial score (nSPS) is 14.4. The Bertz CT molecular complexity index is 844. The van der Waals surface area contributed by atoms with Crippen molar-refractivity contribution in [3.05, 3.63) is 23.0 Å². The van der Waals surface area contributed by atoms with Gasteiger partial charge in [-0.1, -0.05) is 85.7 Å². The molecular weight excluding hydrogens is 473 g/mol. The van der Waals surface area contributed by atoms with Gasteiger partial charge in [-0.2, -0.15) is 0 Å². The zero-order valence-corrected chi connectivity index (χ0v) is 23.6. The molecule has 0 saturated heterocycles. The predicted molar refractivity (Wildman–Crippen MR) is 141 cm³/mol. The molecule has 0 aliphatic heterocycles. The minimum absolute atomic E-state index is 0.0219. The first-order valence-electron chi connectivity index (χ1n) is 12.2. The SMILES string of the molecule is CC(C)C(C)CC(=O)Sc1cc(N(C(=O)CC(C)C(C)C)C(=O)CC(C)C(C)C)c(F)cc1Cl. The van der Waals surface area contributed by atoms with Crippen molar-refractivity contribution in [1.82, 2.24) is 0 Å². The molecule has 34 heavy (non-hydrogen) atoms. The number of hydrogen-bond acceptors (Lipinski definition) is 4. The molecule has 0 aliphatic carbocycles. The Morgan fingerprint density at radius 2 is 1.21 bits per heavy atom. The molecule has 0 aliphatic rings. The fourth-order valence-corrected chi connectivity index (χ4v) is 4.23. The van der Waals surface area contributed by atoms with Crippen molar-refractivity contribution < 1.29 is 18.8 Å². The van der Waals surface area contributed by atoms with Crippen LogP contribution in [0.1, 0.15) is 81.6 Å². The molecule has 0 spiro atoms. The Morgan fingerprint density at radius 3 is 1.62 bits per heavy atom. The second-order valence-electron chi connectivity index (χ2n) is 10.6. The Morgan fingerprint density at radius 1 is 0.794 bits per heavy atom. The average Bonchev–Trinajstić information content (AvgIpc) is 2.70. The van der Waals surface area contributed by atoms with Gasteiger partial charge in [0.25, 0.3) is 0 Å². The number of rotatable bonds is 11. The quantitative estimate of drug-likeness (QED) is 0.281. The topological polar surface area (TPSA) is 54.5 Å². The average molecular weight is 514 g/mol. The number of carbonyl (C=O) groups excluding carboxylic acids is 3. The van der Waals surface area contributed by atoms with Crippen molar-refractivity contribution >= 4 is 46.0 Å². The summed E-state index contributed by atoms with van der Waals surface area (Å²) < 4.78 is 15.1. The maximum Gasteiger partial charge on any atom is 0.234 e. The fourth-order valence-electron chi connectivity index (χ4n) is 3.04. The van der Waals surface area contributed by atoms with Crippen LogP contribution in [0.25, 0.3) is 0 Å². The van der Waals surface area contributed by atoms with Crippen LogP contribution < -0.4 is 4.90 Å². The van der Waals surface area contributed by atoms with E-state index in [1.165, 1.54) is 6.07 Å². The first kappa shape index (κ1) is 30.6. The van der Waals surface area contributed by atoms with Crippen LogP contribution in [0.3, 0.4) is 0 Å². The van der Waals surface area contributed by atoms with Gasteiger partial charge < -0.3 is 0 Å². The van der Waals surface area contributed by atoms with E-state index < -0.39 is 17.6 Å². The number of amides is 2. The highest BCUT2D eigenvalue weighted by Gasteiger charge is 2.30. The predicted octanol–water partition coefficient (Wildman–Crippen LogP) is 8.00. The molecule has 0 radical (unpaired) electrons. The van der Waals surface area contributed by atoms with E-state index in [0.717, 1.165) is 22.7 Å². The second kappa shape index (κ2) is 13.6. The molecule has 2 amide bonds. The summed E-state index contributed by atoms with van der Waals surface area (Å²) in [5.41, 5.74) is -0.140. The number of hydrogen-bond donors (Lipinski definition) is 0. The molecule has 0 heterocycles. The van der Waals surface area contributed by atoms with Gasteiger partial charge in [-0.25, -0.2) is 9.29 Å². The third-order valence-corrected chi connectivity index (χ3v) is 8.24. The van der Waals surface area contributed by atoms with Crippen molar-refractivity contribution in [2.24, 2.45) is 35.5 Å². The lowest BCUT2D eigenvalue weighted by atomic mass is 9.92. The monoisotopic (exact) mass is 513 g/mol. The van der Waals surface area contributed by atoms with Crippen molar-refractivity contribution in [3.63, 3.8) is 0 Å². The summed E-state index contributed by atoms with van der Waals surface area (Å²) in [7, 11) is 0. The highest BCUT2D eigenvalue weighted by Crippen LogP contribution is 2.36. The Hall–Kier alpha value is -1.40. The molecule has 1 aromatic rings. The third-order valence-electron chi connectivity index (χ3n) is 6.86. The zero-order valence-electron chi connectivity index (χ0n) is 22.1. The van der Waals surface area contributed by atoms with E-state index in [1.807, 2.05) is 48.5 Å². The summed E-state index contributed by atoms with van der Waals surface area (Å²) in [6.07, 6.45) is 0.592. The number of anilines is 1. The van der Waals surface area contributed by atoms with E-state index >= 15 is 4.39 Å². The minimum Gasteiger partial charge on any atom is -0.287 e. The molecular formula is C27H41ClFNO3S. The highest BCUT2D eigenvalue weighted by atomic mass is 35.5. The summed E-state index contributed by atoms with van der Waals surface area (Å²) >= 11 is 7.19. The van der Waals surface area contributed by atoms with Crippen LogP contribution in [0.2, 0.25) is 5.02 Å². The van der Waals surface area contributed by atoms with E-state index in [9.17, 15) is 14.4 Å². The first-order valence-corrected chi connectivity index (χ1v) is 13.4. The molecule has 1 aromatic carbocycles. The van der Waals surface area contributed by atoms with Gasteiger partial charge in [0.1, 0.15) is 5.82 Å². The van der Waals surface area contributed by atoms with Gasteiger partial charge in [0.2, 0.25) is 11.8 Å². The summed E-state index contributed by atoms with van der Waals surface area (Å²) in [5.74, 6) is -0.600. The summed E-state index contributed by atoms with van der Waals surface area (Å²) in [6, 6.07) is 2.46. The molecule has 0 saturated carbocycles. The number of carbonyl (C=O) groups is 3. The lowest BCUT2D eigenvalue weighted by Crippen LogP contribution is -2.40. The zero-order chi connectivity index (χ0) is 26.3. The van der Waals surface area contributed by atoms with Crippen molar-refractivity contribution in [3.8, 4) is 0 Å². The number of halogens is 2. The number of thioether (sulfide) groups is 1. The summed E-state index contributed by atoms with van der Waals surface area (Å²) in [5, 5.41) is -0.00512. The highest BCUT2D eigenvalue weighted by molar-refractivity contribution is 8.13. The van der Waals surface area contributed by atoms with Crippen molar-refractivity contribution in [1.29, 1.82) is 0 Å². The summed E-state index contributed by atoms with van der Waals surface area (Å²) in [6.45, 7) is 18.0. The van der Waals surface area contributed by atoms with Gasteiger partial charge >= 0.3 is 0 Å². The van der Waals surface area contributed by atoms with Gasteiger partial charge in [0.15, 0.2) is 5.12 Å². The van der Waals surface area contributed by atoms with Gasteiger partial charge in [-0.05, 0) is 47.6 Å². The maximum absolute atomic E-state index is 15.1. The van der Waals surface area contributed by atoms with Crippen LogP contribution in [0, 0.1) is 41.3 Å². The molecule has 4 nitrogen and oxygen atoms in total.